The van der Waals surface area contributed by atoms with Crippen LogP contribution in [0.25, 0.3) is 0 Å². The Hall–Kier alpha value is -1.10. The highest BCUT2D eigenvalue weighted by Crippen LogP contribution is 2.31. The van der Waals surface area contributed by atoms with Gasteiger partial charge in [0.15, 0.2) is 11.6 Å². The van der Waals surface area contributed by atoms with Crippen LogP contribution in [-0.4, -0.2) is 6.04 Å². The molecule has 1 heterocycles. The molecule has 102 valence electrons. The minimum Gasteiger partial charge on any atom is -0.481 e. The molecule has 0 radical (unpaired) electrons. The number of halogens is 2. The summed E-state index contributed by atoms with van der Waals surface area (Å²) in [7, 11) is 0. The Kier molecular flexibility index (Phi) is 4.80. The summed E-state index contributed by atoms with van der Waals surface area (Å²) in [5.41, 5.74) is 7.03. The molecule has 19 heavy (non-hydrogen) atoms. The predicted octanol–water partition coefficient (Wildman–Crippen LogP) is 4.40. The molecule has 2 aromatic rings. The van der Waals surface area contributed by atoms with Gasteiger partial charge in [0.25, 0.3) is 0 Å². The van der Waals surface area contributed by atoms with Gasteiger partial charge in [0.05, 0.1) is 5.02 Å². The van der Waals surface area contributed by atoms with Gasteiger partial charge in [-0.1, -0.05) is 24.6 Å². The second-order valence-electron chi connectivity index (χ2n) is 4.22. The lowest BCUT2D eigenvalue weighted by Crippen LogP contribution is -2.31. The Labute approximate surface area is 121 Å². The third kappa shape index (κ3) is 3.26. The van der Waals surface area contributed by atoms with Crippen LogP contribution in [0, 0.1) is 5.82 Å². The maximum absolute atomic E-state index is 13.9. The van der Waals surface area contributed by atoms with E-state index in [0.717, 1.165) is 12.0 Å². The summed E-state index contributed by atoms with van der Waals surface area (Å²) in [4.78, 5) is 0. The Morgan fingerprint density at radius 2 is 2.21 bits per heavy atom. The largest absolute Gasteiger partial charge is 0.481 e. The van der Waals surface area contributed by atoms with E-state index >= 15 is 0 Å². The molecule has 0 aliphatic rings. The first-order valence-electron chi connectivity index (χ1n) is 6.01. The summed E-state index contributed by atoms with van der Waals surface area (Å²) in [6.07, 6.45) is 0.368. The Morgan fingerprint density at radius 1 is 1.42 bits per heavy atom. The van der Waals surface area contributed by atoms with Gasteiger partial charge in [-0.05, 0) is 35.4 Å². The monoisotopic (exact) mass is 299 g/mol. The molecule has 0 bridgehead atoms. The van der Waals surface area contributed by atoms with Gasteiger partial charge in [0.2, 0.25) is 0 Å². The summed E-state index contributed by atoms with van der Waals surface area (Å²) in [5, 5.41) is 3.96. The minimum absolute atomic E-state index is 0.0478. The Morgan fingerprint density at radius 3 is 2.84 bits per heavy atom. The third-order valence-electron chi connectivity index (χ3n) is 2.90. The van der Waals surface area contributed by atoms with E-state index in [1.54, 1.807) is 23.5 Å². The number of hydrogen-bond acceptors (Lipinski definition) is 3. The van der Waals surface area contributed by atoms with E-state index in [1.165, 1.54) is 6.07 Å². The van der Waals surface area contributed by atoms with Crippen molar-refractivity contribution in [3.8, 4) is 5.75 Å². The molecule has 2 rings (SSSR count). The molecule has 1 aromatic heterocycles. The maximum Gasteiger partial charge on any atom is 0.183 e. The average molecular weight is 300 g/mol. The zero-order valence-electron chi connectivity index (χ0n) is 10.5. The highest BCUT2D eigenvalue weighted by molar-refractivity contribution is 7.07. The Balaban J connectivity index is 2.28. The third-order valence-corrected chi connectivity index (χ3v) is 3.90. The van der Waals surface area contributed by atoms with Gasteiger partial charge in [-0.2, -0.15) is 11.3 Å². The molecular weight excluding hydrogens is 285 g/mol. The molecule has 0 fully saturated rings. The highest BCUT2D eigenvalue weighted by Gasteiger charge is 2.22. The molecule has 0 saturated heterocycles. The van der Waals surface area contributed by atoms with E-state index in [2.05, 4.69) is 0 Å². The molecule has 2 nitrogen and oxygen atoms in total. The van der Waals surface area contributed by atoms with Crippen molar-refractivity contribution in [1.82, 2.24) is 0 Å². The summed E-state index contributed by atoms with van der Waals surface area (Å²) >= 11 is 7.31. The lowest BCUT2D eigenvalue weighted by molar-refractivity contribution is 0.164. The molecule has 2 unspecified atom stereocenters. The lowest BCUT2D eigenvalue weighted by atomic mass is 10.0. The summed E-state index contributed by atoms with van der Waals surface area (Å²) in [6, 6.07) is 6.44. The number of hydrogen-bond donors (Lipinski definition) is 1. The summed E-state index contributed by atoms with van der Waals surface area (Å²) < 4.78 is 19.6. The van der Waals surface area contributed by atoms with Gasteiger partial charge in [0.1, 0.15) is 6.10 Å². The van der Waals surface area contributed by atoms with E-state index < -0.39 is 5.82 Å². The predicted molar refractivity (Wildman–Crippen MR) is 77.4 cm³/mol. The second kappa shape index (κ2) is 6.37. The topological polar surface area (TPSA) is 35.2 Å². The number of benzene rings is 1. The molecule has 0 amide bonds. The quantitative estimate of drug-likeness (QED) is 0.888. The fourth-order valence-corrected chi connectivity index (χ4v) is 2.62. The van der Waals surface area contributed by atoms with Crippen LogP contribution in [0.2, 0.25) is 5.02 Å². The van der Waals surface area contributed by atoms with E-state index in [9.17, 15) is 4.39 Å². The standard InChI is InChI=1S/C14H15ClFNOS/c1-2-11(17)14(9-6-7-19-8-9)18-12-5-3-4-10(15)13(12)16/h3-8,11,14H,2,17H2,1H3. The zero-order chi connectivity index (χ0) is 13.8. The molecule has 0 aliphatic heterocycles. The second-order valence-corrected chi connectivity index (χ2v) is 5.41. The van der Waals surface area contributed by atoms with Gasteiger partial charge >= 0.3 is 0 Å². The van der Waals surface area contributed by atoms with Gasteiger partial charge in [-0.25, -0.2) is 4.39 Å². The van der Waals surface area contributed by atoms with Crippen molar-refractivity contribution in [3.05, 3.63) is 51.4 Å². The number of nitrogens with two attached hydrogens (primary N) is 1. The highest BCUT2D eigenvalue weighted by atomic mass is 35.5. The average Bonchev–Trinajstić information content (AvgIpc) is 2.93. The summed E-state index contributed by atoms with van der Waals surface area (Å²) in [5.74, 6) is -0.416. The minimum atomic E-state index is -0.548. The van der Waals surface area contributed by atoms with E-state index in [0.29, 0.717) is 0 Å². The van der Waals surface area contributed by atoms with E-state index in [4.69, 9.17) is 22.1 Å². The van der Waals surface area contributed by atoms with E-state index in [1.807, 2.05) is 23.8 Å². The van der Waals surface area contributed by atoms with Gasteiger partial charge in [0, 0.05) is 11.6 Å². The number of ether oxygens (including phenoxy) is 1. The molecule has 0 spiro atoms. The van der Waals surface area contributed by atoms with Crippen molar-refractivity contribution in [2.75, 3.05) is 0 Å². The smallest absolute Gasteiger partial charge is 0.183 e. The van der Waals surface area contributed by atoms with E-state index in [-0.39, 0.29) is 22.9 Å². The molecular formula is C14H15ClFNOS. The van der Waals surface area contributed by atoms with Gasteiger partial charge in [-0.3, -0.25) is 0 Å². The Bertz CT molecular complexity index is 532. The molecule has 1 aromatic carbocycles. The van der Waals surface area contributed by atoms with Crippen LogP contribution in [-0.2, 0) is 0 Å². The van der Waals surface area contributed by atoms with Crippen LogP contribution in [0.15, 0.2) is 35.0 Å². The summed E-state index contributed by atoms with van der Waals surface area (Å²) in [6.45, 7) is 1.97. The zero-order valence-corrected chi connectivity index (χ0v) is 12.0. The first-order valence-corrected chi connectivity index (χ1v) is 7.34. The molecule has 2 N–H and O–H groups in total. The van der Waals surface area contributed by atoms with Gasteiger partial charge in [-0.15, -0.1) is 0 Å². The van der Waals surface area contributed by atoms with Crippen molar-refractivity contribution in [3.63, 3.8) is 0 Å². The van der Waals surface area contributed by atoms with Crippen molar-refractivity contribution in [1.29, 1.82) is 0 Å². The van der Waals surface area contributed by atoms with Crippen molar-refractivity contribution in [2.24, 2.45) is 5.73 Å². The lowest BCUT2D eigenvalue weighted by Gasteiger charge is -2.24. The fourth-order valence-electron chi connectivity index (χ4n) is 1.77. The van der Waals surface area contributed by atoms with Crippen LogP contribution < -0.4 is 10.5 Å². The van der Waals surface area contributed by atoms with Crippen LogP contribution in [0.3, 0.4) is 0 Å². The molecule has 0 saturated carbocycles. The van der Waals surface area contributed by atoms with Gasteiger partial charge < -0.3 is 10.5 Å². The van der Waals surface area contributed by atoms with Crippen molar-refractivity contribution in [2.45, 2.75) is 25.5 Å². The first-order chi connectivity index (χ1) is 9.13. The first kappa shape index (κ1) is 14.3. The van der Waals surface area contributed by atoms with Crippen LogP contribution in [0.5, 0.6) is 5.75 Å². The molecule has 2 atom stereocenters. The fraction of sp³-hybridized carbons (Fsp3) is 0.286. The molecule has 5 heteroatoms. The van der Waals surface area contributed by atoms with Crippen LogP contribution >= 0.6 is 22.9 Å². The molecule has 0 aliphatic carbocycles. The maximum atomic E-state index is 13.9. The normalized spacial score (nSPS) is 14.1. The SMILES string of the molecule is CCC(N)C(Oc1cccc(Cl)c1F)c1ccsc1. The number of thiophene rings is 1. The van der Waals surface area contributed by atoms with Crippen LogP contribution in [0.4, 0.5) is 4.39 Å². The van der Waals surface area contributed by atoms with Crippen molar-refractivity contribution < 1.29 is 9.13 Å². The van der Waals surface area contributed by atoms with Crippen molar-refractivity contribution >= 4 is 22.9 Å². The van der Waals surface area contributed by atoms with Crippen LogP contribution in [0.1, 0.15) is 25.0 Å². The number of rotatable bonds is 5.